The van der Waals surface area contributed by atoms with E-state index >= 15 is 0 Å². The van der Waals surface area contributed by atoms with Crippen molar-refractivity contribution in [1.29, 1.82) is 0 Å². The van der Waals surface area contributed by atoms with Gasteiger partial charge in [0, 0.05) is 37.3 Å². The normalized spacial score (nSPS) is 10.7. The van der Waals surface area contributed by atoms with E-state index in [-0.39, 0.29) is 36.4 Å². The molecule has 7 nitrogen and oxygen atoms in total. The maximum absolute atomic E-state index is 11.9. The number of hydrogen-bond acceptors (Lipinski definition) is 5. The molecule has 0 aliphatic heterocycles. The van der Waals surface area contributed by atoms with Gasteiger partial charge < -0.3 is 25.0 Å². The van der Waals surface area contributed by atoms with E-state index in [2.05, 4.69) is 27.1 Å². The van der Waals surface area contributed by atoms with Crippen LogP contribution in [0.2, 0.25) is 0 Å². The molecule has 1 amide bonds. The molecule has 1 aromatic carbocycles. The minimum atomic E-state index is -0.0661. The summed E-state index contributed by atoms with van der Waals surface area (Å²) in [4.78, 5) is 19.1. The van der Waals surface area contributed by atoms with Gasteiger partial charge in [0.1, 0.15) is 6.54 Å². The van der Waals surface area contributed by atoms with Gasteiger partial charge in [-0.1, -0.05) is 6.07 Å². The molecule has 0 radical (unpaired) electrons. The topological polar surface area (TPSA) is 75.2 Å². The molecule has 0 saturated carbocycles. The quantitative estimate of drug-likeness (QED) is 0.294. The first-order valence-electron chi connectivity index (χ1n) is 9.12. The average Bonchev–Trinajstić information content (AvgIpc) is 3.20. The van der Waals surface area contributed by atoms with Gasteiger partial charge in [-0.3, -0.25) is 4.79 Å². The highest BCUT2D eigenvalue weighted by atomic mass is 127. The molecule has 0 spiro atoms. The number of anilines is 1. The van der Waals surface area contributed by atoms with Crippen molar-refractivity contribution in [2.24, 2.45) is 4.99 Å². The summed E-state index contributed by atoms with van der Waals surface area (Å²) in [5.41, 5.74) is 0.792. The molecule has 0 unspecified atom stereocenters. The maximum atomic E-state index is 11.9. The summed E-state index contributed by atoms with van der Waals surface area (Å²) in [5, 5.41) is 8.57. The van der Waals surface area contributed by atoms with Crippen LogP contribution in [-0.4, -0.2) is 57.7 Å². The first kappa shape index (κ1) is 25.0. The minimum Gasteiger partial charge on any atom is -0.493 e. The van der Waals surface area contributed by atoms with Crippen molar-refractivity contribution in [3.63, 3.8) is 0 Å². The third kappa shape index (κ3) is 8.48. The first-order valence-corrected chi connectivity index (χ1v) is 10.00. The fraction of sp³-hybridized carbons (Fsp3) is 0.400. The predicted molar refractivity (Wildman–Crippen MR) is 130 cm³/mol. The molecule has 1 aromatic heterocycles. The van der Waals surface area contributed by atoms with Gasteiger partial charge in [0.05, 0.1) is 13.7 Å². The fourth-order valence-electron chi connectivity index (χ4n) is 2.34. The molecule has 29 heavy (non-hydrogen) atoms. The number of halogens is 1. The second kappa shape index (κ2) is 13.3. The number of guanidine groups is 1. The number of thiophene rings is 1. The van der Waals surface area contributed by atoms with Crippen molar-refractivity contribution in [3.05, 3.63) is 40.6 Å². The van der Waals surface area contributed by atoms with Crippen molar-refractivity contribution < 1.29 is 14.3 Å². The van der Waals surface area contributed by atoms with Gasteiger partial charge in [0.2, 0.25) is 5.91 Å². The molecule has 1 heterocycles. The Bertz CT molecular complexity index is 782. The van der Waals surface area contributed by atoms with E-state index in [1.54, 1.807) is 32.5 Å². The van der Waals surface area contributed by atoms with E-state index in [9.17, 15) is 4.79 Å². The fourth-order valence-corrected chi connectivity index (χ4v) is 3.05. The highest BCUT2D eigenvalue weighted by Crippen LogP contribution is 2.30. The molecule has 0 aliphatic carbocycles. The Kier molecular flexibility index (Phi) is 11.4. The molecule has 0 fully saturated rings. The smallest absolute Gasteiger partial charge is 0.243 e. The van der Waals surface area contributed by atoms with E-state index in [1.165, 1.54) is 9.78 Å². The van der Waals surface area contributed by atoms with Gasteiger partial charge in [-0.15, -0.1) is 35.3 Å². The summed E-state index contributed by atoms with van der Waals surface area (Å²) in [7, 11) is 5.03. The van der Waals surface area contributed by atoms with Crippen LogP contribution in [0.4, 0.5) is 5.69 Å². The van der Waals surface area contributed by atoms with Gasteiger partial charge in [-0.25, -0.2) is 4.99 Å². The lowest BCUT2D eigenvalue weighted by Gasteiger charge is -2.15. The summed E-state index contributed by atoms with van der Waals surface area (Å²) >= 11 is 1.72. The monoisotopic (exact) mass is 532 g/mol. The predicted octanol–water partition coefficient (Wildman–Crippen LogP) is 3.46. The van der Waals surface area contributed by atoms with Gasteiger partial charge in [0.15, 0.2) is 17.5 Å². The van der Waals surface area contributed by atoms with Crippen molar-refractivity contribution >= 4 is 52.9 Å². The number of benzene rings is 1. The van der Waals surface area contributed by atoms with Gasteiger partial charge in [-0.05, 0) is 36.9 Å². The number of nitrogens with one attached hydrogen (secondary N) is 2. The number of aliphatic imine (C=N–C) groups is 1. The molecule has 9 heteroatoms. The molecule has 2 N–H and O–H groups in total. The molecule has 0 aliphatic rings. The molecule has 0 saturated heterocycles. The van der Waals surface area contributed by atoms with E-state index in [4.69, 9.17) is 9.47 Å². The lowest BCUT2D eigenvalue weighted by Crippen LogP contribution is -2.34. The maximum Gasteiger partial charge on any atom is 0.243 e. The minimum absolute atomic E-state index is 0. The Hall–Kier alpha value is -2.01. The third-order valence-electron chi connectivity index (χ3n) is 3.84. The summed E-state index contributed by atoms with van der Waals surface area (Å²) in [6.45, 7) is 3.26. The second-order valence-corrected chi connectivity index (χ2v) is 7.17. The van der Waals surface area contributed by atoms with Crippen molar-refractivity contribution in [3.8, 4) is 11.5 Å². The average molecular weight is 532 g/mol. The second-order valence-electron chi connectivity index (χ2n) is 6.13. The van der Waals surface area contributed by atoms with Crippen LogP contribution in [-0.2, 0) is 11.2 Å². The Morgan fingerprint density at radius 1 is 1.24 bits per heavy atom. The zero-order valence-electron chi connectivity index (χ0n) is 17.2. The number of carbonyl (C=O) groups excluding carboxylic acids is 1. The van der Waals surface area contributed by atoms with Crippen LogP contribution in [0.3, 0.4) is 0 Å². The van der Waals surface area contributed by atoms with Crippen molar-refractivity contribution in [2.45, 2.75) is 13.3 Å². The van der Waals surface area contributed by atoms with Gasteiger partial charge in [-0.2, -0.15) is 0 Å². The number of amides is 1. The van der Waals surface area contributed by atoms with Gasteiger partial charge >= 0.3 is 0 Å². The largest absolute Gasteiger partial charge is 0.493 e. The SMILES string of the molecule is CCOc1ccc(NC(=NCC(=O)N(C)C)NCCc2cccs2)cc1OC.I. The summed E-state index contributed by atoms with van der Waals surface area (Å²) in [5.74, 6) is 1.79. The molecular weight excluding hydrogens is 503 g/mol. The lowest BCUT2D eigenvalue weighted by atomic mass is 10.2. The van der Waals surface area contributed by atoms with Gasteiger partial charge in [0.25, 0.3) is 0 Å². The molecular formula is C20H29IN4O3S. The third-order valence-corrected chi connectivity index (χ3v) is 4.78. The number of likely N-dealkylation sites (N-methyl/N-ethyl adjacent to an activating group) is 1. The Morgan fingerprint density at radius 2 is 2.03 bits per heavy atom. The highest BCUT2D eigenvalue weighted by Gasteiger charge is 2.09. The molecule has 2 rings (SSSR count). The van der Waals surface area contributed by atoms with Crippen LogP contribution in [0.1, 0.15) is 11.8 Å². The summed E-state index contributed by atoms with van der Waals surface area (Å²) < 4.78 is 10.9. The summed E-state index contributed by atoms with van der Waals surface area (Å²) in [6, 6.07) is 9.71. The molecule has 2 aromatic rings. The number of rotatable bonds is 9. The van der Waals surface area contributed by atoms with E-state index in [0.717, 1.165) is 12.1 Å². The molecule has 0 bridgehead atoms. The highest BCUT2D eigenvalue weighted by molar-refractivity contribution is 14.0. The Labute approximate surface area is 193 Å². The number of methoxy groups -OCH3 is 1. The van der Waals surface area contributed by atoms with E-state index in [0.29, 0.717) is 30.6 Å². The number of ether oxygens (including phenoxy) is 2. The van der Waals surface area contributed by atoms with E-state index < -0.39 is 0 Å². The van der Waals surface area contributed by atoms with Crippen molar-refractivity contribution in [2.75, 3.05) is 46.2 Å². The van der Waals surface area contributed by atoms with Crippen LogP contribution < -0.4 is 20.1 Å². The van der Waals surface area contributed by atoms with E-state index in [1.807, 2.05) is 31.2 Å². The Morgan fingerprint density at radius 3 is 2.66 bits per heavy atom. The van der Waals surface area contributed by atoms with Crippen LogP contribution in [0, 0.1) is 0 Å². The van der Waals surface area contributed by atoms with Crippen LogP contribution in [0.5, 0.6) is 11.5 Å². The Balaban J connectivity index is 0.00000420. The first-order chi connectivity index (χ1) is 13.5. The zero-order valence-corrected chi connectivity index (χ0v) is 20.4. The molecule has 160 valence electrons. The lowest BCUT2D eigenvalue weighted by molar-refractivity contribution is -0.127. The zero-order chi connectivity index (χ0) is 20.4. The van der Waals surface area contributed by atoms with Crippen LogP contribution >= 0.6 is 35.3 Å². The summed E-state index contributed by atoms with van der Waals surface area (Å²) in [6.07, 6.45) is 0.882. The van der Waals surface area contributed by atoms with Crippen LogP contribution in [0.25, 0.3) is 0 Å². The molecule has 0 atom stereocenters. The standard InChI is InChI=1S/C20H28N4O3S.HI/c1-5-27-17-9-8-15(13-18(17)26-4)23-20(22-14-19(25)24(2)3)21-11-10-16-7-6-12-28-16;/h6-9,12-13H,5,10-11,14H2,1-4H3,(H2,21,22,23);1H. The van der Waals surface area contributed by atoms with Crippen molar-refractivity contribution in [1.82, 2.24) is 10.2 Å². The number of carbonyl (C=O) groups is 1. The van der Waals surface area contributed by atoms with Crippen LogP contribution in [0.15, 0.2) is 40.7 Å². The number of hydrogen-bond donors (Lipinski definition) is 2. The number of nitrogens with zero attached hydrogens (tertiary/aromatic N) is 2.